The topological polar surface area (TPSA) is 30.7 Å². The Kier molecular flexibility index (Phi) is 2.65. The summed E-state index contributed by atoms with van der Waals surface area (Å²) in [5, 5.41) is 4.02. The summed E-state index contributed by atoms with van der Waals surface area (Å²) in [6.45, 7) is 1.84. The van der Waals surface area contributed by atoms with Gasteiger partial charge < -0.3 is 0 Å². The minimum atomic E-state index is -4.35. The molecule has 90 valence electrons. The average molecular weight is 241 g/mol. The fraction of sp³-hybridized carbons (Fsp3) is 0.273. The maximum atomic E-state index is 12.4. The smallest absolute Gasteiger partial charge is 0.266 e. The van der Waals surface area contributed by atoms with E-state index in [9.17, 15) is 13.2 Å². The minimum Gasteiger partial charge on any atom is -0.266 e. The average Bonchev–Trinajstić information content (AvgIpc) is 2.58. The second kappa shape index (κ2) is 3.87. The molecule has 0 bridgehead atoms. The number of hydrogen-bond acceptors (Lipinski definition) is 2. The van der Waals surface area contributed by atoms with Gasteiger partial charge in [-0.15, -0.1) is 0 Å². The number of aryl methyl sites for hydroxylation is 2. The second-order valence-corrected chi connectivity index (χ2v) is 3.73. The number of nitrogens with zero attached hydrogens (tertiary/aromatic N) is 3. The summed E-state index contributed by atoms with van der Waals surface area (Å²) in [6.07, 6.45) is -1.87. The molecule has 0 saturated carbocycles. The van der Waals surface area contributed by atoms with E-state index in [4.69, 9.17) is 0 Å². The van der Waals surface area contributed by atoms with Gasteiger partial charge in [-0.3, -0.25) is 9.67 Å². The van der Waals surface area contributed by atoms with Crippen LogP contribution in [0.1, 0.15) is 11.1 Å². The molecule has 17 heavy (non-hydrogen) atoms. The first-order valence-electron chi connectivity index (χ1n) is 4.92. The highest BCUT2D eigenvalue weighted by Crippen LogP contribution is 2.30. The van der Waals surface area contributed by atoms with E-state index in [1.54, 1.807) is 17.9 Å². The molecule has 0 aliphatic rings. The van der Waals surface area contributed by atoms with Crippen LogP contribution >= 0.6 is 0 Å². The van der Waals surface area contributed by atoms with Crippen molar-refractivity contribution < 1.29 is 13.2 Å². The molecule has 0 aliphatic carbocycles. The van der Waals surface area contributed by atoms with Crippen molar-refractivity contribution in [2.75, 3.05) is 0 Å². The zero-order valence-electron chi connectivity index (χ0n) is 9.28. The lowest BCUT2D eigenvalue weighted by molar-refractivity contribution is -0.137. The largest absolute Gasteiger partial charge is 0.417 e. The maximum Gasteiger partial charge on any atom is 0.417 e. The molecule has 0 aliphatic heterocycles. The van der Waals surface area contributed by atoms with Gasteiger partial charge in [-0.05, 0) is 24.6 Å². The van der Waals surface area contributed by atoms with E-state index in [1.807, 2.05) is 6.92 Å². The van der Waals surface area contributed by atoms with Crippen molar-refractivity contribution in [2.45, 2.75) is 13.1 Å². The summed E-state index contributed by atoms with van der Waals surface area (Å²) in [6, 6.07) is 2.38. The molecule has 3 nitrogen and oxygen atoms in total. The van der Waals surface area contributed by atoms with Crippen LogP contribution in [0.25, 0.3) is 11.4 Å². The molecule has 0 unspecified atom stereocenters. The van der Waals surface area contributed by atoms with Crippen LogP contribution in [0.15, 0.2) is 24.5 Å². The fourth-order valence-corrected chi connectivity index (χ4v) is 1.62. The zero-order valence-corrected chi connectivity index (χ0v) is 9.28. The normalized spacial score (nSPS) is 11.8. The molecule has 0 saturated heterocycles. The Labute approximate surface area is 95.9 Å². The first-order valence-corrected chi connectivity index (χ1v) is 4.92. The van der Waals surface area contributed by atoms with Crippen LogP contribution in [0.3, 0.4) is 0 Å². The highest BCUT2D eigenvalue weighted by atomic mass is 19.4. The van der Waals surface area contributed by atoms with Crippen molar-refractivity contribution in [3.8, 4) is 11.4 Å². The molecule has 0 N–H and O–H groups in total. The van der Waals surface area contributed by atoms with Crippen molar-refractivity contribution in [3.63, 3.8) is 0 Å². The van der Waals surface area contributed by atoms with E-state index in [-0.39, 0.29) is 0 Å². The van der Waals surface area contributed by atoms with E-state index in [2.05, 4.69) is 10.1 Å². The Bertz CT molecular complexity index is 506. The number of pyridine rings is 1. The Balaban J connectivity index is 2.43. The van der Waals surface area contributed by atoms with Gasteiger partial charge in [0.2, 0.25) is 0 Å². The van der Waals surface area contributed by atoms with E-state index in [0.29, 0.717) is 5.69 Å². The van der Waals surface area contributed by atoms with E-state index in [1.165, 1.54) is 6.07 Å². The predicted molar refractivity (Wildman–Crippen MR) is 56.2 cm³/mol. The van der Waals surface area contributed by atoms with Gasteiger partial charge in [0, 0.05) is 13.2 Å². The van der Waals surface area contributed by atoms with Crippen LogP contribution in [0.5, 0.6) is 0 Å². The summed E-state index contributed by atoms with van der Waals surface area (Å²) >= 11 is 0. The van der Waals surface area contributed by atoms with Crippen molar-refractivity contribution in [3.05, 3.63) is 35.7 Å². The van der Waals surface area contributed by atoms with E-state index in [0.717, 1.165) is 23.5 Å². The van der Waals surface area contributed by atoms with Crippen molar-refractivity contribution in [1.29, 1.82) is 0 Å². The molecule has 2 rings (SSSR count). The third-order valence-electron chi connectivity index (χ3n) is 2.46. The minimum absolute atomic E-state index is 0.482. The zero-order chi connectivity index (χ0) is 12.6. The van der Waals surface area contributed by atoms with Gasteiger partial charge in [0.1, 0.15) is 0 Å². The monoisotopic (exact) mass is 241 g/mol. The Morgan fingerprint density at radius 2 is 1.88 bits per heavy atom. The first-order chi connectivity index (χ1) is 7.89. The second-order valence-electron chi connectivity index (χ2n) is 3.73. The molecule has 0 atom stereocenters. The van der Waals surface area contributed by atoms with Gasteiger partial charge in [-0.1, -0.05) is 0 Å². The number of halogens is 3. The van der Waals surface area contributed by atoms with Crippen LogP contribution in [0.4, 0.5) is 13.2 Å². The molecule has 0 amide bonds. The van der Waals surface area contributed by atoms with Crippen LogP contribution in [-0.4, -0.2) is 14.8 Å². The maximum absolute atomic E-state index is 12.4. The molecule has 0 aromatic carbocycles. The predicted octanol–water partition coefficient (Wildman–Crippen LogP) is 2.81. The molecule has 2 aromatic heterocycles. The fourth-order valence-electron chi connectivity index (χ4n) is 1.62. The number of aromatic nitrogens is 3. The summed E-state index contributed by atoms with van der Waals surface area (Å²) in [7, 11) is 1.72. The Hall–Kier alpha value is -1.85. The highest BCUT2D eigenvalue weighted by Gasteiger charge is 2.30. The SMILES string of the molecule is Cc1cnn(C)c1-c1ccc(C(F)(F)F)cn1. The molecule has 0 fully saturated rings. The van der Waals surface area contributed by atoms with E-state index < -0.39 is 11.7 Å². The quantitative estimate of drug-likeness (QED) is 0.768. The third kappa shape index (κ3) is 2.15. The van der Waals surface area contributed by atoms with Crippen LogP contribution in [0.2, 0.25) is 0 Å². The number of rotatable bonds is 1. The molecular weight excluding hydrogens is 231 g/mol. The van der Waals surface area contributed by atoms with Crippen LogP contribution in [-0.2, 0) is 13.2 Å². The Morgan fingerprint density at radius 1 is 1.18 bits per heavy atom. The third-order valence-corrected chi connectivity index (χ3v) is 2.46. The highest BCUT2D eigenvalue weighted by molar-refractivity contribution is 5.58. The molecule has 0 spiro atoms. The van der Waals surface area contributed by atoms with Gasteiger partial charge in [0.25, 0.3) is 0 Å². The van der Waals surface area contributed by atoms with Gasteiger partial charge in [-0.2, -0.15) is 18.3 Å². The molecule has 2 heterocycles. The number of alkyl halides is 3. The summed E-state index contributed by atoms with van der Waals surface area (Å²) < 4.78 is 38.7. The van der Waals surface area contributed by atoms with Gasteiger partial charge in [0.05, 0.1) is 23.1 Å². The van der Waals surface area contributed by atoms with Crippen LogP contribution in [0, 0.1) is 6.92 Å². The first kappa shape index (κ1) is 11.6. The lowest BCUT2D eigenvalue weighted by Gasteiger charge is -2.07. The lowest BCUT2D eigenvalue weighted by Crippen LogP contribution is -2.05. The van der Waals surface area contributed by atoms with Crippen molar-refractivity contribution in [2.24, 2.45) is 7.05 Å². The van der Waals surface area contributed by atoms with Crippen molar-refractivity contribution >= 4 is 0 Å². The molecular formula is C11H10F3N3. The standard InChI is InChI=1S/C11H10F3N3/c1-7-5-16-17(2)10(7)9-4-3-8(6-15-9)11(12,13)14/h3-6H,1-2H3. The van der Waals surface area contributed by atoms with Crippen LogP contribution < -0.4 is 0 Å². The summed E-state index contributed by atoms with van der Waals surface area (Å²) in [4.78, 5) is 3.83. The summed E-state index contributed by atoms with van der Waals surface area (Å²) in [5.41, 5.74) is 1.33. The van der Waals surface area contributed by atoms with Crippen molar-refractivity contribution in [1.82, 2.24) is 14.8 Å². The van der Waals surface area contributed by atoms with E-state index >= 15 is 0 Å². The van der Waals surface area contributed by atoms with Gasteiger partial charge in [-0.25, -0.2) is 0 Å². The molecule has 6 heteroatoms. The molecule has 2 aromatic rings. The summed E-state index contributed by atoms with van der Waals surface area (Å²) in [5.74, 6) is 0. The molecule has 0 radical (unpaired) electrons. The van der Waals surface area contributed by atoms with Gasteiger partial charge in [0.15, 0.2) is 0 Å². The number of hydrogen-bond donors (Lipinski definition) is 0. The van der Waals surface area contributed by atoms with Gasteiger partial charge >= 0.3 is 6.18 Å². The lowest BCUT2D eigenvalue weighted by atomic mass is 10.1. The Morgan fingerprint density at radius 3 is 2.29 bits per heavy atom.